The third-order valence-electron chi connectivity index (χ3n) is 11.6. The molecule has 0 bridgehead atoms. The van der Waals surface area contributed by atoms with E-state index in [0.29, 0.717) is 5.95 Å². The molecule has 4 nitrogen and oxygen atoms in total. The highest BCUT2D eigenvalue weighted by atomic mass is 32.2. The second-order valence-electron chi connectivity index (χ2n) is 15.0. The lowest BCUT2D eigenvalue weighted by Crippen LogP contribution is -2.14. The predicted molar refractivity (Wildman–Crippen MR) is 246 cm³/mol. The molecule has 0 saturated heterocycles. The number of hydrogen-bond acceptors (Lipinski definition) is 4. The Morgan fingerprint density at radius 2 is 1.02 bits per heavy atom. The van der Waals surface area contributed by atoms with Gasteiger partial charge in [0, 0.05) is 37.2 Å². The van der Waals surface area contributed by atoms with Crippen LogP contribution in [0.1, 0.15) is 0 Å². The minimum atomic E-state index is 0.655. The first-order valence-corrected chi connectivity index (χ1v) is 20.7. The molecule has 2 aromatic heterocycles. The van der Waals surface area contributed by atoms with Gasteiger partial charge in [-0.15, -0.1) is 0 Å². The number of aromatic nitrogens is 3. The summed E-state index contributed by atoms with van der Waals surface area (Å²) in [6, 6.07) is 73.9. The van der Waals surface area contributed by atoms with Crippen molar-refractivity contribution in [2.45, 2.75) is 9.79 Å². The molecule has 0 amide bonds. The topological polar surface area (TPSA) is 34.0 Å². The zero-order valence-electron chi connectivity index (χ0n) is 31.8. The molecule has 9 aromatic carbocycles. The van der Waals surface area contributed by atoms with E-state index >= 15 is 0 Å². The van der Waals surface area contributed by atoms with E-state index in [9.17, 15) is 0 Å². The minimum absolute atomic E-state index is 0.655. The van der Waals surface area contributed by atoms with Crippen LogP contribution >= 0.6 is 11.8 Å². The van der Waals surface area contributed by atoms with Crippen LogP contribution in [0, 0.1) is 0 Å². The third kappa shape index (κ3) is 5.62. The van der Waals surface area contributed by atoms with E-state index in [1.807, 2.05) is 11.8 Å². The highest BCUT2D eigenvalue weighted by Gasteiger charge is 2.26. The Balaban J connectivity index is 0.975. The quantitative estimate of drug-likeness (QED) is 0.175. The van der Waals surface area contributed by atoms with Gasteiger partial charge in [0.2, 0.25) is 5.95 Å². The fourth-order valence-electron chi connectivity index (χ4n) is 8.73. The van der Waals surface area contributed by atoms with Crippen LogP contribution in [0.15, 0.2) is 216 Å². The van der Waals surface area contributed by atoms with Gasteiger partial charge in [0.25, 0.3) is 0 Å². The monoisotopic (exact) mass is 770 g/mol. The summed E-state index contributed by atoms with van der Waals surface area (Å²) in [6.45, 7) is 0. The molecule has 59 heavy (non-hydrogen) atoms. The van der Waals surface area contributed by atoms with Crippen LogP contribution in [0.3, 0.4) is 0 Å². The van der Waals surface area contributed by atoms with E-state index in [1.54, 1.807) is 0 Å². The normalized spacial score (nSPS) is 12.3. The minimum Gasteiger partial charge on any atom is -0.308 e. The Bertz CT molecular complexity index is 3430. The number of fused-ring (bicyclic) bond motifs is 7. The molecule has 0 atom stereocenters. The molecule has 5 heteroatoms. The molecule has 11 aromatic rings. The van der Waals surface area contributed by atoms with E-state index in [4.69, 9.17) is 9.97 Å². The fourth-order valence-corrected chi connectivity index (χ4v) is 9.83. The molecule has 0 N–H and O–H groups in total. The molecule has 276 valence electrons. The van der Waals surface area contributed by atoms with Gasteiger partial charge in [-0.2, -0.15) is 0 Å². The van der Waals surface area contributed by atoms with Crippen LogP contribution in [-0.2, 0) is 0 Å². The van der Waals surface area contributed by atoms with Gasteiger partial charge in [0.1, 0.15) is 0 Å². The second-order valence-corrected chi connectivity index (χ2v) is 16.1. The molecule has 3 heterocycles. The van der Waals surface area contributed by atoms with Crippen molar-refractivity contribution in [3.05, 3.63) is 206 Å². The highest BCUT2D eigenvalue weighted by Crippen LogP contribution is 2.52. The molecule has 0 radical (unpaired) electrons. The number of benzene rings is 9. The molecule has 0 spiro atoms. The molecular weight excluding hydrogens is 737 g/mol. The van der Waals surface area contributed by atoms with Gasteiger partial charge in [0.15, 0.2) is 0 Å². The Labute approximate surface area is 345 Å². The first-order valence-electron chi connectivity index (χ1n) is 19.9. The summed E-state index contributed by atoms with van der Waals surface area (Å²) in [5.74, 6) is 0.655. The number of hydrogen-bond donors (Lipinski definition) is 0. The van der Waals surface area contributed by atoms with Gasteiger partial charge in [-0.3, -0.25) is 4.57 Å². The Kier molecular flexibility index (Phi) is 7.75. The molecular formula is C54H34N4S. The number of nitrogens with zero attached hydrogens (tertiary/aromatic N) is 4. The molecule has 0 fully saturated rings. The van der Waals surface area contributed by atoms with Crippen LogP contribution in [-0.4, -0.2) is 14.5 Å². The summed E-state index contributed by atoms with van der Waals surface area (Å²) in [5, 5.41) is 5.83. The largest absolute Gasteiger partial charge is 0.308 e. The van der Waals surface area contributed by atoms with Crippen LogP contribution in [0.5, 0.6) is 0 Å². The predicted octanol–water partition coefficient (Wildman–Crippen LogP) is 14.8. The zero-order valence-corrected chi connectivity index (χ0v) is 32.6. The van der Waals surface area contributed by atoms with Crippen molar-refractivity contribution in [2.24, 2.45) is 0 Å². The lowest BCUT2D eigenvalue weighted by molar-refractivity contribution is 1.01. The van der Waals surface area contributed by atoms with Gasteiger partial charge in [0.05, 0.1) is 33.6 Å². The number of rotatable bonds is 5. The Hall–Kier alpha value is -7.47. The van der Waals surface area contributed by atoms with Crippen LogP contribution < -0.4 is 4.90 Å². The van der Waals surface area contributed by atoms with Gasteiger partial charge < -0.3 is 4.90 Å². The van der Waals surface area contributed by atoms with Gasteiger partial charge in [-0.1, -0.05) is 157 Å². The Morgan fingerprint density at radius 3 is 1.92 bits per heavy atom. The SMILES string of the molecule is c1ccc(-c2ccc(-c3nc(-n4c5ccccc5c5cc(-c6ccc7c(c6)Sc6ccccc6N7c6ccc7ccccc7c6)ccc54)nc4ccccc34)cc2)cc1. The van der Waals surface area contributed by atoms with Crippen molar-refractivity contribution in [3.8, 4) is 39.5 Å². The van der Waals surface area contributed by atoms with Crippen molar-refractivity contribution in [1.29, 1.82) is 0 Å². The summed E-state index contributed by atoms with van der Waals surface area (Å²) in [7, 11) is 0. The summed E-state index contributed by atoms with van der Waals surface area (Å²) in [6.07, 6.45) is 0. The highest BCUT2D eigenvalue weighted by molar-refractivity contribution is 7.99. The van der Waals surface area contributed by atoms with Gasteiger partial charge in [-0.05, 0) is 93.7 Å². The molecule has 12 rings (SSSR count). The van der Waals surface area contributed by atoms with E-state index in [1.165, 1.54) is 59.6 Å². The maximum Gasteiger partial charge on any atom is 0.235 e. The maximum atomic E-state index is 5.36. The number of anilines is 3. The molecule has 0 aliphatic carbocycles. The van der Waals surface area contributed by atoms with E-state index in [0.717, 1.165) is 44.3 Å². The molecule has 1 aliphatic rings. The average molecular weight is 771 g/mol. The van der Waals surface area contributed by atoms with E-state index in [-0.39, 0.29) is 0 Å². The fraction of sp³-hybridized carbons (Fsp3) is 0. The first-order chi connectivity index (χ1) is 29.2. The van der Waals surface area contributed by atoms with Crippen LogP contribution in [0.4, 0.5) is 17.1 Å². The Morgan fingerprint density at radius 1 is 0.373 bits per heavy atom. The van der Waals surface area contributed by atoms with Crippen molar-refractivity contribution >= 4 is 72.3 Å². The lowest BCUT2D eigenvalue weighted by atomic mass is 10.0. The summed E-state index contributed by atoms with van der Waals surface area (Å²) in [5.41, 5.74) is 13.3. The number of para-hydroxylation sites is 3. The average Bonchev–Trinajstić information content (AvgIpc) is 3.64. The summed E-state index contributed by atoms with van der Waals surface area (Å²) >= 11 is 1.84. The van der Waals surface area contributed by atoms with E-state index in [2.05, 4.69) is 216 Å². The van der Waals surface area contributed by atoms with Gasteiger partial charge in [-0.25, -0.2) is 9.97 Å². The smallest absolute Gasteiger partial charge is 0.235 e. The van der Waals surface area contributed by atoms with Crippen molar-refractivity contribution < 1.29 is 0 Å². The standard InChI is InChI=1S/C54H34N4S/c1-2-12-35(13-3-1)37-22-24-38(25-23-37)53-44-17-6-8-18-46(44)55-54(56-53)58-47-19-9-7-16-43(47)45-33-40(27-30-48(45)58)41-28-31-50-52(34-41)59-51-21-11-10-20-49(51)57(50)42-29-26-36-14-4-5-15-39(36)32-42/h1-34H. The van der Waals surface area contributed by atoms with Crippen molar-refractivity contribution in [3.63, 3.8) is 0 Å². The first kappa shape index (κ1) is 33.6. The lowest BCUT2D eigenvalue weighted by Gasteiger charge is -2.33. The van der Waals surface area contributed by atoms with Gasteiger partial charge >= 0.3 is 0 Å². The maximum absolute atomic E-state index is 5.36. The molecule has 1 aliphatic heterocycles. The van der Waals surface area contributed by atoms with Crippen molar-refractivity contribution in [1.82, 2.24) is 14.5 Å². The van der Waals surface area contributed by atoms with Crippen molar-refractivity contribution in [2.75, 3.05) is 4.90 Å². The summed E-state index contributed by atoms with van der Waals surface area (Å²) in [4.78, 5) is 15.4. The van der Waals surface area contributed by atoms with Crippen LogP contribution in [0.2, 0.25) is 0 Å². The summed E-state index contributed by atoms with van der Waals surface area (Å²) < 4.78 is 2.23. The van der Waals surface area contributed by atoms with E-state index < -0.39 is 0 Å². The molecule has 0 saturated carbocycles. The second kappa shape index (κ2) is 13.6. The molecule has 0 unspecified atom stereocenters. The zero-order chi connectivity index (χ0) is 38.9. The van der Waals surface area contributed by atoms with Crippen LogP contribution in [0.25, 0.3) is 82.9 Å². The third-order valence-corrected chi connectivity index (χ3v) is 12.7.